The standard InChI is InChI=1S/C18H25NO2S/c1-14(20)16-12-13-19(22(21)18(2,3)4)17(16)11-10-15-8-6-5-7-9-15/h5-9,12,17H,10-11,13H2,1-4H3/t17-,22?/m1/s1. The van der Waals surface area contributed by atoms with Crippen molar-refractivity contribution < 1.29 is 9.35 Å². The normalized spacial score (nSPS) is 20.8. The molecule has 0 spiro atoms. The van der Waals surface area contributed by atoms with Gasteiger partial charge in [-0.2, -0.15) is 0 Å². The van der Waals surface area contributed by atoms with Gasteiger partial charge in [0.2, 0.25) is 0 Å². The summed E-state index contributed by atoms with van der Waals surface area (Å²) in [4.78, 5) is 11.9. The minimum Gasteiger partial charge on any atom is -0.597 e. The second-order valence-corrected chi connectivity index (χ2v) is 8.91. The molecule has 0 fully saturated rings. The van der Waals surface area contributed by atoms with Crippen LogP contribution in [-0.2, 0) is 22.6 Å². The number of carbonyl (C=O) groups is 1. The predicted molar refractivity (Wildman–Crippen MR) is 91.9 cm³/mol. The van der Waals surface area contributed by atoms with Crippen LogP contribution in [0.4, 0.5) is 0 Å². The Morgan fingerprint density at radius 3 is 2.50 bits per heavy atom. The molecule has 0 saturated carbocycles. The summed E-state index contributed by atoms with van der Waals surface area (Å²) in [5, 5.41) is 0. The lowest BCUT2D eigenvalue weighted by Crippen LogP contribution is -2.47. The summed E-state index contributed by atoms with van der Waals surface area (Å²) in [5.41, 5.74) is 2.06. The number of Topliss-reactive ketones (excluding diaryl/α,β-unsaturated/α-hetero) is 1. The number of benzene rings is 1. The van der Waals surface area contributed by atoms with Gasteiger partial charge in [-0.15, -0.1) is 4.31 Å². The largest absolute Gasteiger partial charge is 0.597 e. The van der Waals surface area contributed by atoms with E-state index in [0.29, 0.717) is 6.54 Å². The van der Waals surface area contributed by atoms with Crippen molar-refractivity contribution in [1.29, 1.82) is 0 Å². The Balaban J connectivity index is 2.13. The third-order valence-electron chi connectivity index (χ3n) is 3.89. The van der Waals surface area contributed by atoms with Gasteiger partial charge in [0.1, 0.15) is 4.75 Å². The zero-order chi connectivity index (χ0) is 16.3. The van der Waals surface area contributed by atoms with E-state index >= 15 is 0 Å². The molecule has 1 aromatic rings. The van der Waals surface area contributed by atoms with E-state index in [2.05, 4.69) is 12.1 Å². The first kappa shape index (κ1) is 17.3. The quantitative estimate of drug-likeness (QED) is 0.782. The highest BCUT2D eigenvalue weighted by Gasteiger charge is 2.42. The molecule has 1 unspecified atom stereocenters. The van der Waals surface area contributed by atoms with Crippen LogP contribution in [0, 0.1) is 0 Å². The van der Waals surface area contributed by atoms with Crippen molar-refractivity contribution in [3.8, 4) is 0 Å². The lowest BCUT2D eigenvalue weighted by atomic mass is 9.99. The number of aryl methyl sites for hydroxylation is 1. The molecule has 3 nitrogen and oxygen atoms in total. The fourth-order valence-electron chi connectivity index (χ4n) is 2.77. The van der Waals surface area contributed by atoms with Gasteiger partial charge >= 0.3 is 0 Å². The molecule has 1 aliphatic rings. The molecule has 2 atom stereocenters. The van der Waals surface area contributed by atoms with Crippen LogP contribution < -0.4 is 0 Å². The highest BCUT2D eigenvalue weighted by atomic mass is 32.2. The Kier molecular flexibility index (Phi) is 5.48. The van der Waals surface area contributed by atoms with E-state index in [1.807, 2.05) is 49.4 Å². The van der Waals surface area contributed by atoms with Crippen LogP contribution in [0.3, 0.4) is 0 Å². The lowest BCUT2D eigenvalue weighted by Gasteiger charge is -2.34. The van der Waals surface area contributed by atoms with E-state index in [0.717, 1.165) is 18.4 Å². The van der Waals surface area contributed by atoms with Gasteiger partial charge in [-0.05, 0) is 46.1 Å². The summed E-state index contributed by atoms with van der Waals surface area (Å²) in [5.74, 6) is 0.0893. The maximum absolute atomic E-state index is 12.7. The van der Waals surface area contributed by atoms with Gasteiger partial charge in [0, 0.05) is 16.9 Å². The van der Waals surface area contributed by atoms with Crippen molar-refractivity contribution >= 4 is 17.1 Å². The molecule has 4 heteroatoms. The zero-order valence-electron chi connectivity index (χ0n) is 13.8. The molecular weight excluding hydrogens is 294 g/mol. The van der Waals surface area contributed by atoms with Crippen molar-refractivity contribution in [2.75, 3.05) is 6.54 Å². The van der Waals surface area contributed by atoms with Crippen molar-refractivity contribution in [1.82, 2.24) is 4.31 Å². The number of ketones is 1. The third-order valence-corrected chi connectivity index (χ3v) is 5.77. The lowest BCUT2D eigenvalue weighted by molar-refractivity contribution is -0.113. The molecule has 0 amide bonds. The second-order valence-electron chi connectivity index (χ2n) is 6.72. The molecule has 0 bridgehead atoms. The van der Waals surface area contributed by atoms with Crippen LogP contribution in [0.25, 0.3) is 0 Å². The van der Waals surface area contributed by atoms with Gasteiger partial charge in [-0.1, -0.05) is 36.4 Å². The monoisotopic (exact) mass is 319 g/mol. The Bertz CT molecular complexity index is 548. The minimum atomic E-state index is -1.11. The van der Waals surface area contributed by atoms with Gasteiger partial charge in [-0.3, -0.25) is 4.79 Å². The fraction of sp³-hybridized carbons (Fsp3) is 0.500. The average molecular weight is 319 g/mol. The molecule has 0 N–H and O–H groups in total. The first-order chi connectivity index (χ1) is 10.3. The number of hydrogen-bond donors (Lipinski definition) is 0. The second kappa shape index (κ2) is 6.99. The summed E-state index contributed by atoms with van der Waals surface area (Å²) in [6.45, 7) is 8.12. The van der Waals surface area contributed by atoms with Crippen LogP contribution in [-0.4, -0.2) is 32.0 Å². The van der Waals surface area contributed by atoms with Gasteiger partial charge in [0.25, 0.3) is 0 Å². The molecular formula is C18H25NO2S. The molecule has 0 aliphatic carbocycles. The van der Waals surface area contributed by atoms with Crippen LogP contribution in [0.5, 0.6) is 0 Å². The SMILES string of the molecule is CC(=O)C1=CCN([S+]([O-])C(C)(C)C)[C@@H]1CCc1ccccc1. The number of nitrogens with zero attached hydrogens (tertiary/aromatic N) is 1. The van der Waals surface area contributed by atoms with Crippen molar-refractivity contribution in [3.63, 3.8) is 0 Å². The molecule has 1 aliphatic heterocycles. The van der Waals surface area contributed by atoms with E-state index in [-0.39, 0.29) is 16.6 Å². The summed E-state index contributed by atoms with van der Waals surface area (Å²) in [7, 11) is 0. The van der Waals surface area contributed by atoms with E-state index in [4.69, 9.17) is 0 Å². The van der Waals surface area contributed by atoms with Crippen LogP contribution in [0.2, 0.25) is 0 Å². The smallest absolute Gasteiger partial charge is 0.157 e. The Hall–Kier alpha value is -1.10. The maximum Gasteiger partial charge on any atom is 0.157 e. The van der Waals surface area contributed by atoms with Crippen LogP contribution in [0.15, 0.2) is 42.0 Å². The molecule has 1 aromatic carbocycles. The van der Waals surface area contributed by atoms with Crippen LogP contribution >= 0.6 is 0 Å². The van der Waals surface area contributed by atoms with Crippen molar-refractivity contribution in [2.24, 2.45) is 0 Å². The molecule has 0 radical (unpaired) electrons. The Morgan fingerprint density at radius 2 is 1.95 bits per heavy atom. The number of carbonyl (C=O) groups excluding carboxylic acids is 1. The molecule has 2 rings (SSSR count). The summed E-state index contributed by atoms with van der Waals surface area (Å²) in [6.07, 6.45) is 3.65. The number of rotatable bonds is 5. The predicted octanol–water partition coefficient (Wildman–Crippen LogP) is 3.28. The van der Waals surface area contributed by atoms with Gasteiger partial charge in [0.05, 0.1) is 12.6 Å². The molecule has 22 heavy (non-hydrogen) atoms. The summed E-state index contributed by atoms with van der Waals surface area (Å²) >= 11 is -1.11. The summed E-state index contributed by atoms with van der Waals surface area (Å²) < 4.78 is 14.4. The van der Waals surface area contributed by atoms with E-state index in [1.165, 1.54) is 5.56 Å². The topological polar surface area (TPSA) is 43.4 Å². The summed E-state index contributed by atoms with van der Waals surface area (Å²) in [6, 6.07) is 10.2. The Morgan fingerprint density at radius 1 is 1.32 bits per heavy atom. The van der Waals surface area contributed by atoms with Gasteiger partial charge < -0.3 is 4.55 Å². The highest BCUT2D eigenvalue weighted by Crippen LogP contribution is 2.31. The van der Waals surface area contributed by atoms with Gasteiger partial charge in [-0.25, -0.2) is 0 Å². The van der Waals surface area contributed by atoms with Crippen LogP contribution in [0.1, 0.15) is 39.7 Å². The third kappa shape index (κ3) is 4.00. The number of hydrogen-bond acceptors (Lipinski definition) is 3. The molecule has 1 heterocycles. The Labute approximate surface area is 136 Å². The van der Waals surface area contributed by atoms with Crippen molar-refractivity contribution in [2.45, 2.75) is 51.3 Å². The molecule has 0 saturated heterocycles. The van der Waals surface area contributed by atoms with Crippen molar-refractivity contribution in [3.05, 3.63) is 47.5 Å². The fourth-order valence-corrected chi connectivity index (χ4v) is 4.13. The van der Waals surface area contributed by atoms with E-state index in [1.54, 1.807) is 6.92 Å². The minimum absolute atomic E-state index is 0.0437. The first-order valence-corrected chi connectivity index (χ1v) is 8.85. The van der Waals surface area contributed by atoms with Gasteiger partial charge in [0.15, 0.2) is 5.78 Å². The zero-order valence-corrected chi connectivity index (χ0v) is 14.7. The van der Waals surface area contributed by atoms with E-state index < -0.39 is 11.4 Å². The first-order valence-electron chi connectivity index (χ1n) is 7.74. The highest BCUT2D eigenvalue weighted by molar-refractivity contribution is 7.90. The maximum atomic E-state index is 12.7. The van der Waals surface area contributed by atoms with E-state index in [9.17, 15) is 9.35 Å². The average Bonchev–Trinajstić information content (AvgIpc) is 2.88. The molecule has 0 aromatic heterocycles. The molecule has 120 valence electrons.